The van der Waals surface area contributed by atoms with Crippen molar-refractivity contribution in [2.24, 2.45) is 5.92 Å². The molecule has 11 heavy (non-hydrogen) atoms. The number of halogens is 1. The second-order valence-corrected chi connectivity index (χ2v) is 3.41. The maximum absolute atomic E-state index is 2.27. The summed E-state index contributed by atoms with van der Waals surface area (Å²) in [6.45, 7) is 4.55. The molecule has 1 saturated carbocycles. The average molecular weight is 185 g/mol. The SMILES string of the molecule is C[C-](C)C1CCCCC1.[Cl-].[Mg+2]. The van der Waals surface area contributed by atoms with Gasteiger partial charge in [0, 0.05) is 0 Å². The van der Waals surface area contributed by atoms with Crippen LogP contribution in [0.25, 0.3) is 0 Å². The van der Waals surface area contributed by atoms with Gasteiger partial charge in [0.1, 0.15) is 0 Å². The number of rotatable bonds is 1. The van der Waals surface area contributed by atoms with E-state index in [-0.39, 0.29) is 35.5 Å². The number of hydrogen-bond donors (Lipinski definition) is 0. The molecule has 0 heterocycles. The van der Waals surface area contributed by atoms with Crippen LogP contribution in [-0.2, 0) is 0 Å². The largest absolute Gasteiger partial charge is 2.00 e. The van der Waals surface area contributed by atoms with Crippen LogP contribution in [0.4, 0.5) is 0 Å². The van der Waals surface area contributed by atoms with Gasteiger partial charge in [-0.1, -0.05) is 32.1 Å². The van der Waals surface area contributed by atoms with E-state index < -0.39 is 0 Å². The fourth-order valence-corrected chi connectivity index (χ4v) is 1.68. The molecule has 0 aromatic rings. The molecule has 0 saturated heterocycles. The average Bonchev–Trinajstić information content (AvgIpc) is 1.90. The Bertz CT molecular complexity index is 77.6. The molecule has 2 heteroatoms. The smallest absolute Gasteiger partial charge is 1.00 e. The maximum atomic E-state index is 2.27. The summed E-state index contributed by atoms with van der Waals surface area (Å²) in [5.74, 6) is 2.62. The van der Waals surface area contributed by atoms with Gasteiger partial charge in [-0.3, -0.25) is 0 Å². The summed E-state index contributed by atoms with van der Waals surface area (Å²) >= 11 is 0. The first kappa shape index (κ1) is 14.6. The van der Waals surface area contributed by atoms with Crippen LogP contribution in [0.15, 0.2) is 0 Å². The molecule has 0 radical (unpaired) electrons. The molecule has 0 bridgehead atoms. The fraction of sp³-hybridized carbons (Fsp3) is 0.889. The second-order valence-electron chi connectivity index (χ2n) is 3.41. The summed E-state index contributed by atoms with van der Waals surface area (Å²) in [4.78, 5) is 0. The molecule has 0 aromatic carbocycles. The second kappa shape index (κ2) is 7.69. The van der Waals surface area contributed by atoms with Crippen molar-refractivity contribution in [1.82, 2.24) is 0 Å². The molecule has 1 aliphatic carbocycles. The van der Waals surface area contributed by atoms with Gasteiger partial charge in [0.25, 0.3) is 0 Å². The van der Waals surface area contributed by atoms with Gasteiger partial charge >= 0.3 is 23.1 Å². The van der Waals surface area contributed by atoms with Crippen molar-refractivity contribution in [3.63, 3.8) is 0 Å². The van der Waals surface area contributed by atoms with E-state index in [1.807, 2.05) is 0 Å². The summed E-state index contributed by atoms with van der Waals surface area (Å²) in [5.41, 5.74) is 0. The van der Waals surface area contributed by atoms with Crippen molar-refractivity contribution in [1.29, 1.82) is 0 Å². The van der Waals surface area contributed by atoms with Crippen molar-refractivity contribution < 1.29 is 12.4 Å². The zero-order valence-corrected chi connectivity index (χ0v) is 9.87. The molecule has 1 fully saturated rings. The van der Waals surface area contributed by atoms with Crippen LogP contribution in [0.1, 0.15) is 46.0 Å². The van der Waals surface area contributed by atoms with E-state index in [4.69, 9.17) is 0 Å². The standard InChI is InChI=1S/C9H17.ClH.Mg/c1-8(2)9-6-4-3-5-7-9;;/h9H,3-7H2,1-2H3;1H;/q-1;;+2/p-1. The molecule has 0 aromatic heterocycles. The third-order valence-corrected chi connectivity index (χ3v) is 2.42. The van der Waals surface area contributed by atoms with E-state index in [1.165, 1.54) is 32.1 Å². The van der Waals surface area contributed by atoms with Gasteiger partial charge < -0.3 is 18.3 Å². The predicted octanol–water partition coefficient (Wildman–Crippen LogP) is -0.196. The number of hydrogen-bond acceptors (Lipinski definition) is 0. The minimum atomic E-state index is 0. The van der Waals surface area contributed by atoms with Gasteiger partial charge in [0.2, 0.25) is 0 Å². The Labute approximate surface area is 93.1 Å². The topological polar surface area (TPSA) is 0 Å². The molecule has 0 N–H and O–H groups in total. The molecule has 0 unspecified atom stereocenters. The van der Waals surface area contributed by atoms with Gasteiger partial charge in [-0.25, -0.2) is 0 Å². The summed E-state index contributed by atoms with van der Waals surface area (Å²) in [5, 5.41) is 0. The van der Waals surface area contributed by atoms with E-state index in [2.05, 4.69) is 13.8 Å². The summed E-state index contributed by atoms with van der Waals surface area (Å²) in [6.07, 6.45) is 7.33. The molecular formula is C9H17ClMg. The van der Waals surface area contributed by atoms with Crippen LogP contribution in [-0.4, -0.2) is 23.1 Å². The van der Waals surface area contributed by atoms with Gasteiger partial charge in [-0.2, -0.15) is 19.8 Å². The van der Waals surface area contributed by atoms with E-state index in [1.54, 1.807) is 5.92 Å². The van der Waals surface area contributed by atoms with Crippen molar-refractivity contribution in [3.05, 3.63) is 5.92 Å². The van der Waals surface area contributed by atoms with Gasteiger partial charge in [-0.05, 0) is 0 Å². The first-order valence-electron chi connectivity index (χ1n) is 4.11. The summed E-state index contributed by atoms with van der Waals surface area (Å²) in [6, 6.07) is 0. The minimum Gasteiger partial charge on any atom is -1.00 e. The predicted molar refractivity (Wildman–Crippen MR) is 46.9 cm³/mol. The zero-order chi connectivity index (χ0) is 6.69. The Balaban J connectivity index is 0. The Kier molecular flexibility index (Phi) is 10.2. The Morgan fingerprint density at radius 2 is 1.45 bits per heavy atom. The van der Waals surface area contributed by atoms with E-state index in [0.717, 1.165) is 5.92 Å². The molecule has 62 valence electrons. The van der Waals surface area contributed by atoms with Crippen molar-refractivity contribution in [3.8, 4) is 0 Å². The van der Waals surface area contributed by atoms with Gasteiger partial charge in [-0.15, -0.1) is 0 Å². The molecule has 1 aliphatic rings. The molecule has 0 amide bonds. The monoisotopic (exact) mass is 184 g/mol. The molecular weight excluding hydrogens is 168 g/mol. The van der Waals surface area contributed by atoms with Crippen LogP contribution >= 0.6 is 0 Å². The van der Waals surface area contributed by atoms with E-state index in [0.29, 0.717) is 0 Å². The van der Waals surface area contributed by atoms with Crippen molar-refractivity contribution in [2.75, 3.05) is 0 Å². The molecule has 1 rings (SSSR count). The Hall–Kier alpha value is 1.06. The quantitative estimate of drug-likeness (QED) is 0.392. The van der Waals surface area contributed by atoms with E-state index in [9.17, 15) is 0 Å². The third-order valence-electron chi connectivity index (χ3n) is 2.42. The van der Waals surface area contributed by atoms with Crippen molar-refractivity contribution in [2.45, 2.75) is 46.0 Å². The van der Waals surface area contributed by atoms with Crippen LogP contribution in [0.2, 0.25) is 0 Å². The Morgan fingerprint density at radius 1 is 1.00 bits per heavy atom. The van der Waals surface area contributed by atoms with Gasteiger partial charge in [0.15, 0.2) is 0 Å². The normalized spacial score (nSPS) is 18.8. The maximum Gasteiger partial charge on any atom is 2.00 e. The van der Waals surface area contributed by atoms with Crippen LogP contribution < -0.4 is 12.4 Å². The van der Waals surface area contributed by atoms with Crippen LogP contribution in [0.3, 0.4) is 0 Å². The summed E-state index contributed by atoms with van der Waals surface area (Å²) in [7, 11) is 0. The van der Waals surface area contributed by atoms with Crippen molar-refractivity contribution >= 4 is 23.1 Å². The van der Waals surface area contributed by atoms with Gasteiger partial charge in [0.05, 0.1) is 0 Å². The fourth-order valence-electron chi connectivity index (χ4n) is 1.68. The Morgan fingerprint density at radius 3 is 1.73 bits per heavy atom. The molecule has 0 spiro atoms. The first-order chi connectivity index (χ1) is 4.30. The molecule has 0 atom stereocenters. The molecule has 0 nitrogen and oxygen atoms in total. The van der Waals surface area contributed by atoms with Crippen LogP contribution in [0, 0.1) is 11.8 Å². The zero-order valence-electron chi connectivity index (χ0n) is 7.70. The first-order valence-corrected chi connectivity index (χ1v) is 4.11. The van der Waals surface area contributed by atoms with E-state index >= 15 is 0 Å². The summed E-state index contributed by atoms with van der Waals surface area (Å²) < 4.78 is 0. The molecule has 0 aliphatic heterocycles. The third kappa shape index (κ3) is 5.32. The minimum absolute atomic E-state index is 0. The van der Waals surface area contributed by atoms with Crippen LogP contribution in [0.5, 0.6) is 0 Å².